The van der Waals surface area contributed by atoms with Gasteiger partial charge in [0.15, 0.2) is 19.8 Å². The molecule has 0 radical (unpaired) electrons. The summed E-state index contributed by atoms with van der Waals surface area (Å²) in [6.45, 7) is 0.156. The molecule has 0 saturated carbocycles. The van der Waals surface area contributed by atoms with Crippen LogP contribution in [0.15, 0.2) is 12.7 Å². The van der Waals surface area contributed by atoms with Gasteiger partial charge in [0, 0.05) is 7.11 Å². The summed E-state index contributed by atoms with van der Waals surface area (Å²) in [7, 11) is -3.41. The summed E-state index contributed by atoms with van der Waals surface area (Å²) in [5, 5.41) is 0.290. The zero-order valence-corrected chi connectivity index (χ0v) is 17.0. The molecule has 2 aromatic heterocycles. The summed E-state index contributed by atoms with van der Waals surface area (Å²) >= 11 is 6.00. The molecule has 11 nitrogen and oxygen atoms in total. The first-order chi connectivity index (χ1) is 12.6. The number of hydrogen-bond acceptors (Lipinski definition) is 10. The van der Waals surface area contributed by atoms with Crippen molar-refractivity contribution < 1.29 is 32.2 Å². The van der Waals surface area contributed by atoms with Crippen LogP contribution in [0.4, 0.5) is 0 Å². The lowest BCUT2D eigenvalue weighted by molar-refractivity contribution is -0.0172. The van der Waals surface area contributed by atoms with Gasteiger partial charge in [-0.1, -0.05) is 11.6 Å². The zero-order chi connectivity index (χ0) is 18.5. The predicted molar refractivity (Wildman–Crippen MR) is 95.2 cm³/mol. The number of rotatable bonds is 9. The number of hydrogen-bond donors (Lipinski definition) is 2. The Morgan fingerprint density at radius 3 is 2.92 bits per heavy atom. The molecule has 3 rings (SSSR count). The summed E-state index contributed by atoms with van der Waals surface area (Å²) in [6.07, 6.45) is 3.99. The Balaban J connectivity index is 1.46. The molecule has 15 heteroatoms. The van der Waals surface area contributed by atoms with Crippen molar-refractivity contribution in [2.75, 3.05) is 13.7 Å². The van der Waals surface area contributed by atoms with Crippen molar-refractivity contribution >= 4 is 49.0 Å². The third-order valence-corrected chi connectivity index (χ3v) is 6.27. The molecule has 5 atom stereocenters. The number of ether oxygens (including phenoxy) is 1. The molecule has 5 unspecified atom stereocenters. The Labute approximate surface area is 157 Å². The Morgan fingerprint density at radius 2 is 2.12 bits per heavy atom. The van der Waals surface area contributed by atoms with Crippen molar-refractivity contribution in [2.24, 2.45) is 0 Å². The van der Waals surface area contributed by atoms with Crippen LogP contribution in [0.1, 0.15) is 19.1 Å². The molecular weight excluding hydrogens is 429 g/mol. The van der Waals surface area contributed by atoms with Gasteiger partial charge in [-0.15, -0.1) is 0 Å². The van der Waals surface area contributed by atoms with Gasteiger partial charge < -0.3 is 23.6 Å². The average Bonchev–Trinajstić information content (AvgIpc) is 3.27. The van der Waals surface area contributed by atoms with E-state index in [0.29, 0.717) is 11.2 Å². The summed E-state index contributed by atoms with van der Waals surface area (Å²) in [5.41, 5.74) is 1.12. The maximum absolute atomic E-state index is 9.65. The monoisotopic (exact) mass is 444 g/mol. The normalized spacial score (nSPS) is 23.2. The highest BCUT2D eigenvalue weighted by Gasteiger charge is 2.29. The Morgan fingerprint density at radius 1 is 1.31 bits per heavy atom. The second-order valence-electron chi connectivity index (χ2n) is 5.00. The fourth-order valence-corrected chi connectivity index (χ4v) is 4.26. The van der Waals surface area contributed by atoms with Gasteiger partial charge >= 0.3 is 17.2 Å². The third kappa shape index (κ3) is 5.22. The molecule has 1 fully saturated rings. The molecule has 0 bridgehead atoms. The van der Waals surface area contributed by atoms with Crippen LogP contribution in [0.2, 0.25) is 5.15 Å². The highest BCUT2D eigenvalue weighted by atomic mass is 35.5. The first-order valence-electron chi connectivity index (χ1n) is 7.31. The first-order valence-corrected chi connectivity index (χ1v) is 10.8. The molecule has 3 heterocycles. The molecule has 0 spiro atoms. The lowest BCUT2D eigenvalue weighted by Gasteiger charge is -2.16. The number of aromatic nitrogens is 4. The van der Waals surface area contributed by atoms with Crippen LogP contribution >= 0.6 is 37.8 Å². The molecule has 26 heavy (non-hydrogen) atoms. The molecule has 0 aliphatic carbocycles. The Kier molecular flexibility index (Phi) is 7.81. The van der Waals surface area contributed by atoms with Crippen molar-refractivity contribution in [3.8, 4) is 0 Å². The van der Waals surface area contributed by atoms with Gasteiger partial charge in [-0.3, -0.25) is 13.2 Å². The van der Waals surface area contributed by atoms with Gasteiger partial charge in [0.1, 0.15) is 18.1 Å². The van der Waals surface area contributed by atoms with Gasteiger partial charge in [0.25, 0.3) is 0 Å². The van der Waals surface area contributed by atoms with Crippen LogP contribution in [-0.4, -0.2) is 49.1 Å². The van der Waals surface area contributed by atoms with E-state index >= 15 is 0 Å². The molecule has 1 aliphatic rings. The van der Waals surface area contributed by atoms with E-state index in [1.54, 1.807) is 10.9 Å². The summed E-state index contributed by atoms with van der Waals surface area (Å²) in [5.74, 6) is 0. The molecule has 0 aromatic carbocycles. The predicted octanol–water partition coefficient (Wildman–Crippen LogP) is 2.80. The third-order valence-electron chi connectivity index (χ3n) is 3.47. The zero-order valence-electron chi connectivity index (χ0n) is 13.4. The van der Waals surface area contributed by atoms with E-state index in [9.17, 15) is 4.89 Å². The van der Waals surface area contributed by atoms with E-state index in [-0.39, 0.29) is 24.1 Å². The SMILES string of the molecule is COP(O)OPOP(O)OCC1CCC(n2cnc3c(Cl)ncnc32)O1. The first kappa shape index (κ1) is 20.6. The van der Waals surface area contributed by atoms with Gasteiger partial charge in [0.2, 0.25) is 0 Å². The molecule has 1 saturated heterocycles. The van der Waals surface area contributed by atoms with Crippen LogP contribution in [-0.2, 0) is 22.4 Å². The quantitative estimate of drug-likeness (QED) is 0.439. The van der Waals surface area contributed by atoms with E-state index in [1.165, 1.54) is 13.4 Å². The summed E-state index contributed by atoms with van der Waals surface area (Å²) in [6, 6.07) is 0. The van der Waals surface area contributed by atoms with Crippen molar-refractivity contribution in [2.45, 2.75) is 25.2 Å². The highest BCUT2D eigenvalue weighted by molar-refractivity contribution is 7.54. The lowest BCUT2D eigenvalue weighted by atomic mass is 10.2. The van der Waals surface area contributed by atoms with Crippen molar-refractivity contribution in [3.63, 3.8) is 0 Å². The summed E-state index contributed by atoms with van der Waals surface area (Å²) < 4.78 is 27.2. The lowest BCUT2D eigenvalue weighted by Crippen LogP contribution is -2.15. The van der Waals surface area contributed by atoms with Crippen LogP contribution in [0.25, 0.3) is 11.2 Å². The average molecular weight is 445 g/mol. The van der Waals surface area contributed by atoms with Crippen molar-refractivity contribution in [1.82, 2.24) is 19.5 Å². The molecule has 2 N–H and O–H groups in total. The minimum absolute atomic E-state index is 0.156. The van der Waals surface area contributed by atoms with Crippen LogP contribution in [0.5, 0.6) is 0 Å². The molecule has 0 amide bonds. The number of imidazole rings is 1. The molecule has 2 aromatic rings. The molecule has 144 valence electrons. The van der Waals surface area contributed by atoms with Gasteiger partial charge in [-0.05, 0) is 12.8 Å². The Hall–Kier alpha value is -0.150. The number of halogens is 1. The second kappa shape index (κ2) is 9.87. The van der Waals surface area contributed by atoms with Crippen molar-refractivity contribution in [1.29, 1.82) is 0 Å². The Bertz CT molecular complexity index is 728. The number of fused-ring (bicyclic) bond motifs is 1. The van der Waals surface area contributed by atoms with Gasteiger partial charge in [-0.2, -0.15) is 0 Å². The topological polar surface area (TPSA) is 130 Å². The second-order valence-corrected chi connectivity index (χ2v) is 8.56. The minimum atomic E-state index is -2.13. The van der Waals surface area contributed by atoms with Crippen LogP contribution in [0.3, 0.4) is 0 Å². The largest absolute Gasteiger partial charge is 0.352 e. The van der Waals surface area contributed by atoms with Crippen LogP contribution in [0, 0.1) is 0 Å². The van der Waals surface area contributed by atoms with Gasteiger partial charge in [0.05, 0.1) is 19.0 Å². The maximum Gasteiger partial charge on any atom is 0.335 e. The number of nitrogens with zero attached hydrogens (tertiary/aromatic N) is 4. The summed E-state index contributed by atoms with van der Waals surface area (Å²) in [4.78, 5) is 31.0. The standard InChI is InChI=1S/C11H16ClN4O7P3/c1-19-25(17)22-24-23-26(18)20-4-7-2-3-8(21-7)16-6-15-9-10(12)13-5-14-11(9)16/h5-8,17-18,24H,2-4H2,1H3. The molecular formula is C11H16ClN4O7P3. The van der Waals surface area contributed by atoms with E-state index in [4.69, 9.17) is 34.4 Å². The smallest absolute Gasteiger partial charge is 0.335 e. The van der Waals surface area contributed by atoms with Crippen molar-refractivity contribution in [3.05, 3.63) is 17.8 Å². The van der Waals surface area contributed by atoms with Crippen LogP contribution < -0.4 is 0 Å². The van der Waals surface area contributed by atoms with E-state index in [1.807, 2.05) is 0 Å². The minimum Gasteiger partial charge on any atom is -0.352 e. The van der Waals surface area contributed by atoms with E-state index in [2.05, 4.69) is 19.5 Å². The molecule has 1 aliphatic heterocycles. The van der Waals surface area contributed by atoms with Gasteiger partial charge in [-0.25, -0.2) is 15.0 Å². The van der Waals surface area contributed by atoms with E-state index < -0.39 is 26.2 Å². The highest BCUT2D eigenvalue weighted by Crippen LogP contribution is 2.48. The fourth-order valence-electron chi connectivity index (χ4n) is 2.34. The fraction of sp³-hybridized carbons (Fsp3) is 0.545. The van der Waals surface area contributed by atoms with E-state index in [0.717, 1.165) is 12.8 Å². The maximum atomic E-state index is 9.65.